The Morgan fingerprint density at radius 1 is 0.929 bits per heavy atom. The smallest absolute Gasteiger partial charge is 0.296 e. The third-order valence-electron chi connectivity index (χ3n) is 4.58. The summed E-state index contributed by atoms with van der Waals surface area (Å²) in [7, 11) is -3.71. The zero-order chi connectivity index (χ0) is 19.9. The lowest BCUT2D eigenvalue weighted by molar-refractivity contribution is 0.115. The molecule has 1 aliphatic heterocycles. The highest BCUT2D eigenvalue weighted by Gasteiger charge is 2.35. The van der Waals surface area contributed by atoms with Crippen LogP contribution in [0.3, 0.4) is 0 Å². The van der Waals surface area contributed by atoms with Crippen molar-refractivity contribution in [2.45, 2.75) is 35.3 Å². The molecule has 0 aliphatic carbocycles. The monoisotopic (exact) mass is 438 g/mol. The van der Waals surface area contributed by atoms with E-state index in [4.69, 9.17) is 8.92 Å². The van der Waals surface area contributed by atoms with Gasteiger partial charge < -0.3 is 4.74 Å². The van der Waals surface area contributed by atoms with Crippen LogP contribution in [0.2, 0.25) is 0 Å². The molecule has 0 bridgehead atoms. The van der Waals surface area contributed by atoms with E-state index in [0.29, 0.717) is 19.6 Å². The predicted molar refractivity (Wildman–Crippen MR) is 117 cm³/mol. The number of hydrogen-bond donors (Lipinski definition) is 0. The first-order valence-electron chi connectivity index (χ1n) is 9.35. The lowest BCUT2D eigenvalue weighted by atomic mass is 10.2. The van der Waals surface area contributed by atoms with Gasteiger partial charge in [0.1, 0.15) is 0 Å². The molecule has 0 saturated carbocycles. The van der Waals surface area contributed by atoms with Gasteiger partial charge in [-0.2, -0.15) is 8.42 Å². The summed E-state index contributed by atoms with van der Waals surface area (Å²) in [6.07, 6.45) is 1.56. The molecule has 0 N–H and O–H groups in total. The number of ether oxygens (including phenoxy) is 1. The van der Waals surface area contributed by atoms with Gasteiger partial charge in [-0.3, -0.25) is 4.18 Å². The lowest BCUT2D eigenvalue weighted by Gasteiger charge is -2.27. The molecule has 28 heavy (non-hydrogen) atoms. The summed E-state index contributed by atoms with van der Waals surface area (Å²) in [5.74, 6) is 2.15. The minimum atomic E-state index is -3.71. The molecule has 0 spiro atoms. The summed E-state index contributed by atoms with van der Waals surface area (Å²) >= 11 is 3.79. The van der Waals surface area contributed by atoms with Gasteiger partial charge in [0.05, 0.1) is 22.2 Å². The molecule has 1 aliphatic rings. The van der Waals surface area contributed by atoms with Crippen molar-refractivity contribution in [3.05, 3.63) is 65.7 Å². The standard InChI is InChI=1S/C21H26O4S3/c1-18-7-9-20(10-8-18)28(22,23)25-14-12-21(26-15-16-27-21)11-13-24-17-19-5-3-2-4-6-19/h2-10H,11-17H2,1H3. The van der Waals surface area contributed by atoms with E-state index in [1.54, 1.807) is 24.3 Å². The van der Waals surface area contributed by atoms with E-state index in [1.165, 1.54) is 0 Å². The highest BCUT2D eigenvalue weighted by Crippen LogP contribution is 2.49. The molecule has 1 saturated heterocycles. The van der Waals surface area contributed by atoms with E-state index < -0.39 is 10.1 Å². The van der Waals surface area contributed by atoms with E-state index in [9.17, 15) is 8.42 Å². The van der Waals surface area contributed by atoms with Crippen LogP contribution >= 0.6 is 23.5 Å². The van der Waals surface area contributed by atoms with Crippen LogP contribution < -0.4 is 0 Å². The van der Waals surface area contributed by atoms with Gasteiger partial charge in [0.15, 0.2) is 0 Å². The van der Waals surface area contributed by atoms with Crippen molar-refractivity contribution in [1.29, 1.82) is 0 Å². The molecule has 1 heterocycles. The predicted octanol–water partition coefficient (Wildman–Crippen LogP) is 4.87. The first-order valence-corrected chi connectivity index (χ1v) is 12.7. The van der Waals surface area contributed by atoms with Gasteiger partial charge in [-0.15, -0.1) is 23.5 Å². The summed E-state index contributed by atoms with van der Waals surface area (Å²) in [5.41, 5.74) is 2.18. The minimum absolute atomic E-state index is 0.0283. The Morgan fingerprint density at radius 3 is 2.25 bits per heavy atom. The van der Waals surface area contributed by atoms with Crippen LogP contribution in [-0.4, -0.2) is 37.2 Å². The Bertz CT molecular complexity index is 830. The number of benzene rings is 2. The number of rotatable bonds is 10. The molecule has 1 fully saturated rings. The van der Waals surface area contributed by atoms with Gasteiger partial charge in [0.25, 0.3) is 10.1 Å². The molecule has 0 radical (unpaired) electrons. The molecule has 0 amide bonds. The van der Waals surface area contributed by atoms with Gasteiger partial charge in [-0.1, -0.05) is 48.0 Å². The third kappa shape index (κ3) is 6.26. The second-order valence-corrected chi connectivity index (χ2v) is 11.6. The Labute approximate surface area is 176 Å². The molecule has 0 atom stereocenters. The second-order valence-electron chi connectivity index (χ2n) is 6.73. The van der Waals surface area contributed by atoms with E-state index in [0.717, 1.165) is 29.1 Å². The summed E-state index contributed by atoms with van der Waals surface area (Å²) in [6, 6.07) is 16.9. The fourth-order valence-electron chi connectivity index (χ4n) is 2.98. The van der Waals surface area contributed by atoms with Crippen LogP contribution in [0.5, 0.6) is 0 Å². The van der Waals surface area contributed by atoms with Gasteiger partial charge in [0, 0.05) is 18.1 Å². The molecule has 3 rings (SSSR count). The van der Waals surface area contributed by atoms with Crippen molar-refractivity contribution in [3.8, 4) is 0 Å². The maximum atomic E-state index is 12.4. The third-order valence-corrected chi connectivity index (χ3v) is 9.56. The Balaban J connectivity index is 1.48. The van der Waals surface area contributed by atoms with Gasteiger partial charge in [-0.05, 0) is 37.5 Å². The van der Waals surface area contributed by atoms with Crippen molar-refractivity contribution in [2.24, 2.45) is 0 Å². The van der Waals surface area contributed by atoms with Crippen molar-refractivity contribution >= 4 is 33.6 Å². The molecule has 152 valence electrons. The largest absolute Gasteiger partial charge is 0.377 e. The molecule has 2 aromatic rings. The van der Waals surface area contributed by atoms with Crippen LogP contribution in [0.4, 0.5) is 0 Å². The Kier molecular flexibility index (Phi) is 7.88. The van der Waals surface area contributed by atoms with Crippen LogP contribution in [0.25, 0.3) is 0 Å². The van der Waals surface area contributed by atoms with Crippen LogP contribution in [0.1, 0.15) is 24.0 Å². The summed E-state index contributed by atoms with van der Waals surface area (Å²) in [5, 5.41) is 0. The summed E-state index contributed by atoms with van der Waals surface area (Å²) in [4.78, 5) is 0.213. The normalized spacial score (nSPS) is 16.3. The van der Waals surface area contributed by atoms with Crippen LogP contribution in [0.15, 0.2) is 59.5 Å². The summed E-state index contributed by atoms with van der Waals surface area (Å²) < 4.78 is 35.9. The van der Waals surface area contributed by atoms with Crippen molar-refractivity contribution in [2.75, 3.05) is 24.7 Å². The molecular formula is C21H26O4S3. The molecule has 4 nitrogen and oxygen atoms in total. The van der Waals surface area contributed by atoms with Gasteiger partial charge >= 0.3 is 0 Å². The van der Waals surface area contributed by atoms with Crippen molar-refractivity contribution in [3.63, 3.8) is 0 Å². The number of aryl methyl sites for hydroxylation is 1. The van der Waals surface area contributed by atoms with Crippen LogP contribution in [0, 0.1) is 6.92 Å². The minimum Gasteiger partial charge on any atom is -0.377 e. The summed E-state index contributed by atoms with van der Waals surface area (Å²) in [6.45, 7) is 3.37. The highest BCUT2D eigenvalue weighted by atomic mass is 32.2. The van der Waals surface area contributed by atoms with E-state index in [1.807, 2.05) is 48.6 Å². The van der Waals surface area contributed by atoms with E-state index in [2.05, 4.69) is 12.1 Å². The van der Waals surface area contributed by atoms with Crippen LogP contribution in [-0.2, 0) is 25.6 Å². The first kappa shape index (κ1) is 21.7. The average molecular weight is 439 g/mol. The maximum absolute atomic E-state index is 12.4. The topological polar surface area (TPSA) is 52.6 Å². The quantitative estimate of drug-likeness (QED) is 0.389. The SMILES string of the molecule is Cc1ccc(S(=O)(=O)OCCC2(CCOCc3ccccc3)SCCS2)cc1. The zero-order valence-electron chi connectivity index (χ0n) is 16.0. The van der Waals surface area contributed by atoms with E-state index >= 15 is 0 Å². The maximum Gasteiger partial charge on any atom is 0.296 e. The van der Waals surface area contributed by atoms with Crippen molar-refractivity contribution < 1.29 is 17.3 Å². The zero-order valence-corrected chi connectivity index (χ0v) is 18.5. The molecule has 0 unspecified atom stereocenters. The number of thioether (sulfide) groups is 2. The molecule has 7 heteroatoms. The number of hydrogen-bond acceptors (Lipinski definition) is 6. The second kappa shape index (κ2) is 10.2. The van der Waals surface area contributed by atoms with Gasteiger partial charge in [0.2, 0.25) is 0 Å². The fourth-order valence-corrected chi connectivity index (χ4v) is 7.05. The average Bonchev–Trinajstić information content (AvgIpc) is 3.15. The highest BCUT2D eigenvalue weighted by molar-refractivity contribution is 8.21. The molecular weight excluding hydrogens is 412 g/mol. The Hall–Kier alpha value is -0.990. The fraction of sp³-hybridized carbons (Fsp3) is 0.429. The molecule has 0 aromatic heterocycles. The van der Waals surface area contributed by atoms with Crippen molar-refractivity contribution in [1.82, 2.24) is 0 Å². The van der Waals surface area contributed by atoms with E-state index in [-0.39, 0.29) is 15.6 Å². The van der Waals surface area contributed by atoms with Gasteiger partial charge in [-0.25, -0.2) is 0 Å². The molecule has 2 aromatic carbocycles. The lowest BCUT2D eigenvalue weighted by Crippen LogP contribution is -2.23. The first-order chi connectivity index (χ1) is 13.5. The Morgan fingerprint density at radius 2 is 1.57 bits per heavy atom.